The number of nitrogens with one attached hydrogen (secondary N) is 1. The zero-order chi connectivity index (χ0) is 31.2. The van der Waals surface area contributed by atoms with Crippen molar-refractivity contribution in [1.29, 1.82) is 0 Å². The Bertz CT molecular complexity index is 1510. The predicted molar refractivity (Wildman–Crippen MR) is 168 cm³/mol. The van der Waals surface area contributed by atoms with Gasteiger partial charge in [-0.15, -0.1) is 0 Å². The molecule has 0 unspecified atom stereocenters. The molecule has 3 aromatic rings. The summed E-state index contributed by atoms with van der Waals surface area (Å²) >= 11 is 19.1. The zero-order valence-electron chi connectivity index (χ0n) is 24.0. The number of ether oxygens (including phenoxy) is 1. The van der Waals surface area contributed by atoms with Gasteiger partial charge in [0.1, 0.15) is 18.3 Å². The maximum atomic E-state index is 14.2. The van der Waals surface area contributed by atoms with Crippen LogP contribution in [0, 0.1) is 6.92 Å². The summed E-state index contributed by atoms with van der Waals surface area (Å²) in [5.41, 5.74) is 1.35. The fourth-order valence-corrected chi connectivity index (χ4v) is 6.21. The summed E-state index contributed by atoms with van der Waals surface area (Å²) in [5, 5.41) is 3.73. The molecule has 0 saturated carbocycles. The molecule has 226 valence electrons. The second-order valence-corrected chi connectivity index (χ2v) is 13.0. The van der Waals surface area contributed by atoms with Crippen LogP contribution in [0.3, 0.4) is 0 Å². The van der Waals surface area contributed by atoms with Crippen LogP contribution in [0.4, 0.5) is 5.69 Å². The summed E-state index contributed by atoms with van der Waals surface area (Å²) in [6, 6.07) is 14.5. The number of carbonyl (C=O) groups is 2. The molecule has 1 N–H and O–H groups in total. The van der Waals surface area contributed by atoms with Gasteiger partial charge in [0, 0.05) is 33.2 Å². The Labute approximate surface area is 262 Å². The molecule has 0 heterocycles. The van der Waals surface area contributed by atoms with Gasteiger partial charge in [-0.3, -0.25) is 13.9 Å². The molecule has 0 fully saturated rings. The van der Waals surface area contributed by atoms with E-state index in [1.165, 1.54) is 36.3 Å². The number of aryl methyl sites for hydroxylation is 1. The first kappa shape index (κ1) is 33.5. The van der Waals surface area contributed by atoms with Crippen molar-refractivity contribution in [2.24, 2.45) is 0 Å². The third kappa shape index (κ3) is 7.89. The Hall–Kier alpha value is -2.98. The van der Waals surface area contributed by atoms with Gasteiger partial charge in [0.2, 0.25) is 11.8 Å². The van der Waals surface area contributed by atoms with Gasteiger partial charge in [0.05, 0.1) is 17.7 Å². The lowest BCUT2D eigenvalue weighted by atomic mass is 10.1. The third-order valence-corrected chi connectivity index (χ3v) is 9.57. The number of hydrogen-bond donors (Lipinski definition) is 1. The third-order valence-electron chi connectivity index (χ3n) is 6.86. The standard InChI is InChI=1S/C30H34Cl3N3O5S/c1-6-20(3)34-30(38)21(4)35(17-24-25(32)8-7-9-26(24)33)29(37)18-36(27-16-22(31)12-15-28(27)41-5)42(39,40)23-13-10-19(2)11-14-23/h7-16,20-21H,6,17-18H2,1-5H3,(H,34,38)/t20-,21-/m1/s1. The highest BCUT2D eigenvalue weighted by Gasteiger charge is 2.34. The van der Waals surface area contributed by atoms with Crippen LogP contribution >= 0.6 is 34.8 Å². The van der Waals surface area contributed by atoms with Crippen LogP contribution in [-0.2, 0) is 26.2 Å². The molecule has 12 heteroatoms. The lowest BCUT2D eigenvalue weighted by Crippen LogP contribution is -2.52. The van der Waals surface area contributed by atoms with E-state index in [1.807, 2.05) is 20.8 Å². The second kappa shape index (κ2) is 14.5. The molecule has 0 aliphatic heterocycles. The highest BCUT2D eigenvalue weighted by atomic mass is 35.5. The first-order valence-electron chi connectivity index (χ1n) is 13.3. The molecule has 2 atom stereocenters. The second-order valence-electron chi connectivity index (χ2n) is 9.86. The van der Waals surface area contributed by atoms with Crippen LogP contribution in [0.25, 0.3) is 0 Å². The van der Waals surface area contributed by atoms with E-state index in [4.69, 9.17) is 39.5 Å². The van der Waals surface area contributed by atoms with Crippen molar-refractivity contribution in [2.75, 3.05) is 18.0 Å². The van der Waals surface area contributed by atoms with Gasteiger partial charge < -0.3 is 15.0 Å². The average molecular weight is 655 g/mol. The van der Waals surface area contributed by atoms with Gasteiger partial charge in [-0.2, -0.15) is 0 Å². The van der Waals surface area contributed by atoms with Gasteiger partial charge in [-0.25, -0.2) is 8.42 Å². The molecule has 0 aliphatic rings. The van der Waals surface area contributed by atoms with E-state index in [2.05, 4.69) is 5.32 Å². The van der Waals surface area contributed by atoms with Crippen molar-refractivity contribution in [3.05, 3.63) is 86.9 Å². The van der Waals surface area contributed by atoms with E-state index in [0.717, 1.165) is 9.87 Å². The number of methoxy groups -OCH3 is 1. The van der Waals surface area contributed by atoms with Gasteiger partial charge >= 0.3 is 0 Å². The summed E-state index contributed by atoms with van der Waals surface area (Å²) < 4.78 is 34.5. The minimum absolute atomic E-state index is 0.0359. The number of carbonyl (C=O) groups excluding carboxylic acids is 2. The molecule has 0 aromatic heterocycles. The van der Waals surface area contributed by atoms with E-state index in [1.54, 1.807) is 43.3 Å². The number of halogens is 3. The summed E-state index contributed by atoms with van der Waals surface area (Å²) in [6.45, 7) is 6.37. The van der Waals surface area contributed by atoms with Crippen molar-refractivity contribution in [2.45, 2.75) is 57.6 Å². The molecule has 0 saturated heterocycles. The SMILES string of the molecule is CC[C@@H](C)NC(=O)[C@@H](C)N(Cc1c(Cl)cccc1Cl)C(=O)CN(c1cc(Cl)ccc1OC)S(=O)(=O)c1ccc(C)cc1. The Morgan fingerprint density at radius 3 is 2.17 bits per heavy atom. The monoisotopic (exact) mass is 653 g/mol. The Morgan fingerprint density at radius 2 is 1.60 bits per heavy atom. The van der Waals surface area contributed by atoms with Gasteiger partial charge in [-0.1, -0.05) is 65.5 Å². The fourth-order valence-electron chi connectivity index (χ4n) is 4.11. The molecule has 0 spiro atoms. The molecular formula is C30H34Cl3N3O5S. The van der Waals surface area contributed by atoms with Crippen LogP contribution in [0.5, 0.6) is 5.75 Å². The van der Waals surface area contributed by atoms with Crippen molar-refractivity contribution < 1.29 is 22.7 Å². The smallest absolute Gasteiger partial charge is 0.264 e. The lowest BCUT2D eigenvalue weighted by molar-refractivity contribution is -0.139. The predicted octanol–water partition coefficient (Wildman–Crippen LogP) is 6.49. The van der Waals surface area contributed by atoms with Crippen LogP contribution in [0.1, 0.15) is 38.3 Å². The summed E-state index contributed by atoms with van der Waals surface area (Å²) in [4.78, 5) is 28.6. The number of sulfonamides is 1. The van der Waals surface area contributed by atoms with E-state index < -0.39 is 34.4 Å². The Morgan fingerprint density at radius 1 is 0.976 bits per heavy atom. The summed E-state index contributed by atoms with van der Waals surface area (Å²) in [5.74, 6) is -0.893. The number of hydrogen-bond acceptors (Lipinski definition) is 5. The Balaban J connectivity index is 2.13. The first-order valence-corrected chi connectivity index (χ1v) is 15.8. The molecular weight excluding hydrogens is 621 g/mol. The van der Waals surface area contributed by atoms with Crippen molar-refractivity contribution >= 4 is 62.3 Å². The number of amides is 2. The largest absolute Gasteiger partial charge is 0.495 e. The minimum atomic E-state index is -4.31. The zero-order valence-corrected chi connectivity index (χ0v) is 27.1. The summed E-state index contributed by atoms with van der Waals surface area (Å²) in [7, 11) is -2.93. The Kier molecular flexibility index (Phi) is 11.5. The highest BCUT2D eigenvalue weighted by molar-refractivity contribution is 7.92. The molecule has 0 bridgehead atoms. The van der Waals surface area contributed by atoms with Crippen LogP contribution in [0.15, 0.2) is 65.6 Å². The van der Waals surface area contributed by atoms with E-state index >= 15 is 0 Å². The molecule has 3 rings (SSSR count). The molecule has 3 aromatic carbocycles. The number of rotatable bonds is 12. The van der Waals surface area contributed by atoms with Crippen LogP contribution in [0.2, 0.25) is 15.1 Å². The topological polar surface area (TPSA) is 96.0 Å². The average Bonchev–Trinajstić information content (AvgIpc) is 2.95. The van der Waals surface area contributed by atoms with E-state index in [-0.39, 0.29) is 33.9 Å². The van der Waals surface area contributed by atoms with E-state index in [9.17, 15) is 18.0 Å². The summed E-state index contributed by atoms with van der Waals surface area (Å²) in [6.07, 6.45) is 0.680. The molecule has 8 nitrogen and oxygen atoms in total. The quantitative estimate of drug-likeness (QED) is 0.241. The number of benzene rings is 3. The maximum absolute atomic E-state index is 14.2. The van der Waals surface area contributed by atoms with Crippen molar-refractivity contribution in [3.8, 4) is 5.75 Å². The van der Waals surface area contributed by atoms with Gasteiger partial charge in [0.15, 0.2) is 0 Å². The maximum Gasteiger partial charge on any atom is 0.264 e. The fraction of sp³-hybridized carbons (Fsp3) is 0.333. The van der Waals surface area contributed by atoms with Crippen molar-refractivity contribution in [3.63, 3.8) is 0 Å². The van der Waals surface area contributed by atoms with E-state index in [0.29, 0.717) is 22.0 Å². The van der Waals surface area contributed by atoms with Crippen LogP contribution < -0.4 is 14.4 Å². The number of anilines is 1. The normalized spacial score (nSPS) is 12.8. The van der Waals surface area contributed by atoms with Gasteiger partial charge in [-0.05, 0) is 69.7 Å². The van der Waals surface area contributed by atoms with Gasteiger partial charge in [0.25, 0.3) is 10.0 Å². The molecule has 0 aliphatic carbocycles. The first-order chi connectivity index (χ1) is 19.8. The lowest BCUT2D eigenvalue weighted by Gasteiger charge is -2.33. The highest BCUT2D eigenvalue weighted by Crippen LogP contribution is 2.35. The molecule has 2 amide bonds. The van der Waals surface area contributed by atoms with Crippen LogP contribution in [-0.4, -0.2) is 50.9 Å². The molecule has 0 radical (unpaired) electrons. The minimum Gasteiger partial charge on any atom is -0.495 e. The number of nitrogens with zero attached hydrogens (tertiary/aromatic N) is 2. The molecule has 42 heavy (non-hydrogen) atoms. The van der Waals surface area contributed by atoms with Crippen molar-refractivity contribution in [1.82, 2.24) is 10.2 Å².